The van der Waals surface area contributed by atoms with Crippen LogP contribution in [0.2, 0.25) is 5.02 Å². The van der Waals surface area contributed by atoms with Gasteiger partial charge in [0.25, 0.3) is 5.91 Å². The zero-order valence-corrected chi connectivity index (χ0v) is 25.4. The minimum atomic E-state index is -1.33. The van der Waals surface area contributed by atoms with Gasteiger partial charge in [-0.1, -0.05) is 11.6 Å². The molecule has 2 saturated heterocycles. The number of fused-ring (bicyclic) bond motifs is 1. The molecule has 44 heavy (non-hydrogen) atoms. The molecule has 0 saturated carbocycles. The molecule has 2 atom stereocenters. The normalized spacial score (nSPS) is 19.6. The van der Waals surface area contributed by atoms with Gasteiger partial charge in [-0.3, -0.25) is 19.3 Å². The van der Waals surface area contributed by atoms with Gasteiger partial charge in [-0.15, -0.1) is 0 Å². The summed E-state index contributed by atoms with van der Waals surface area (Å²) >= 11 is 5.89. The Labute approximate surface area is 259 Å². The molecule has 2 aromatic heterocycles. The van der Waals surface area contributed by atoms with Crippen molar-refractivity contribution in [2.75, 3.05) is 38.2 Å². The molecule has 2 aliphatic heterocycles. The maximum Gasteiger partial charge on any atom is 0.372 e. The number of hydrogen-bond acceptors (Lipinski definition) is 8. The van der Waals surface area contributed by atoms with Crippen LogP contribution in [-0.4, -0.2) is 98.1 Å². The molecule has 2 fully saturated rings. The predicted octanol–water partition coefficient (Wildman–Crippen LogP) is 2.73. The molecule has 1 aromatic carbocycles. The van der Waals surface area contributed by atoms with Crippen LogP contribution >= 0.6 is 11.6 Å². The smallest absolute Gasteiger partial charge is 0.372 e. The minimum absolute atomic E-state index is 0.0777. The number of primary amides is 1. The van der Waals surface area contributed by atoms with Gasteiger partial charge in [-0.05, 0) is 75.4 Å². The average molecular weight is 626 g/mol. The van der Waals surface area contributed by atoms with E-state index in [9.17, 15) is 24.3 Å². The van der Waals surface area contributed by atoms with Crippen molar-refractivity contribution < 1.29 is 29.0 Å². The van der Waals surface area contributed by atoms with Crippen molar-refractivity contribution in [3.05, 3.63) is 52.4 Å². The van der Waals surface area contributed by atoms with Crippen LogP contribution in [0.1, 0.15) is 65.6 Å². The van der Waals surface area contributed by atoms with E-state index in [-0.39, 0.29) is 36.1 Å². The Bertz CT molecular complexity index is 1570. The number of carboxylic acids is 1. The van der Waals surface area contributed by atoms with Crippen LogP contribution in [0.5, 0.6) is 0 Å². The van der Waals surface area contributed by atoms with Gasteiger partial charge < -0.3 is 30.4 Å². The van der Waals surface area contributed by atoms with E-state index in [0.29, 0.717) is 79.3 Å². The Balaban J connectivity index is 1.60. The molecule has 2 aliphatic rings. The number of hydrogen-bond donors (Lipinski definition) is 3. The van der Waals surface area contributed by atoms with E-state index >= 15 is 0 Å². The van der Waals surface area contributed by atoms with Gasteiger partial charge >= 0.3 is 5.97 Å². The lowest BCUT2D eigenvalue weighted by atomic mass is 9.81. The molecule has 4 N–H and O–H groups in total. The van der Waals surface area contributed by atoms with Crippen molar-refractivity contribution in [2.24, 2.45) is 5.73 Å². The van der Waals surface area contributed by atoms with Crippen molar-refractivity contribution in [2.45, 2.75) is 57.7 Å². The zero-order chi connectivity index (χ0) is 31.5. The largest absolute Gasteiger partial charge is 0.475 e. The number of pyridine rings is 1. The highest BCUT2D eigenvalue weighted by molar-refractivity contribution is 6.30. The summed E-state index contributed by atoms with van der Waals surface area (Å²) in [5, 5.41) is 13.2. The number of likely N-dealkylation sites (tertiary alicyclic amines) is 1. The van der Waals surface area contributed by atoms with E-state index in [0.717, 1.165) is 0 Å². The monoisotopic (exact) mass is 625 g/mol. The number of benzene rings is 1. The third-order valence-corrected chi connectivity index (χ3v) is 8.46. The topological polar surface area (TPSA) is 173 Å². The Morgan fingerprint density at radius 1 is 1.14 bits per heavy atom. The second-order valence-corrected chi connectivity index (χ2v) is 11.8. The summed E-state index contributed by atoms with van der Waals surface area (Å²) in [6.45, 7) is 6.09. The number of anilines is 1. The lowest BCUT2D eigenvalue weighted by Gasteiger charge is -2.40. The summed E-state index contributed by atoms with van der Waals surface area (Å²) in [6, 6.07) is 5.91. The number of nitrogens with one attached hydrogen (secondary N) is 1. The fourth-order valence-corrected chi connectivity index (χ4v) is 6.29. The van der Waals surface area contributed by atoms with Crippen LogP contribution < -0.4 is 11.1 Å². The number of rotatable bonds is 8. The van der Waals surface area contributed by atoms with Gasteiger partial charge in [0.15, 0.2) is 0 Å². The first kappa shape index (κ1) is 31.4. The van der Waals surface area contributed by atoms with E-state index < -0.39 is 23.8 Å². The Morgan fingerprint density at radius 3 is 2.61 bits per heavy atom. The number of amides is 3. The molecule has 3 amide bonds. The number of nitrogens with two attached hydrogens (primary N) is 1. The lowest BCUT2D eigenvalue weighted by Crippen LogP contribution is -2.52. The second-order valence-electron chi connectivity index (χ2n) is 11.4. The predicted molar refractivity (Wildman–Crippen MR) is 163 cm³/mol. The SMILES string of the molecule is CC(C)N1CCC(c2c(C(=O)N3CCCOCC3)ccc3c2nc(C(=O)O)n3CC(=O)Nc2ccc(Cl)cn2)CC1C(N)=O. The molecule has 0 bridgehead atoms. The highest BCUT2D eigenvalue weighted by atomic mass is 35.5. The Kier molecular flexibility index (Phi) is 9.47. The number of ether oxygens (including phenoxy) is 1. The average Bonchev–Trinajstić information content (AvgIpc) is 3.15. The first-order chi connectivity index (χ1) is 21.0. The number of imidazole rings is 1. The van der Waals surface area contributed by atoms with Gasteiger partial charge in [-0.25, -0.2) is 14.8 Å². The van der Waals surface area contributed by atoms with Crippen molar-refractivity contribution >= 4 is 52.1 Å². The third kappa shape index (κ3) is 6.54. The van der Waals surface area contributed by atoms with Gasteiger partial charge in [-0.2, -0.15) is 0 Å². The molecule has 234 valence electrons. The van der Waals surface area contributed by atoms with Crippen molar-refractivity contribution in [1.29, 1.82) is 0 Å². The zero-order valence-electron chi connectivity index (χ0n) is 24.7. The summed E-state index contributed by atoms with van der Waals surface area (Å²) in [5.74, 6) is -2.93. The fraction of sp³-hybridized carbons (Fsp3) is 0.467. The molecule has 0 aliphatic carbocycles. The molecule has 0 spiro atoms. The summed E-state index contributed by atoms with van der Waals surface area (Å²) in [4.78, 5) is 64.4. The second kappa shape index (κ2) is 13.3. The van der Waals surface area contributed by atoms with Crippen LogP contribution in [0, 0.1) is 0 Å². The van der Waals surface area contributed by atoms with E-state index in [1.165, 1.54) is 16.8 Å². The van der Waals surface area contributed by atoms with Gasteiger partial charge in [0, 0.05) is 37.5 Å². The molecule has 13 nitrogen and oxygen atoms in total. The first-order valence-electron chi connectivity index (χ1n) is 14.6. The van der Waals surface area contributed by atoms with Crippen LogP contribution in [-0.2, 0) is 20.9 Å². The minimum Gasteiger partial charge on any atom is -0.475 e. The first-order valence-corrected chi connectivity index (χ1v) is 15.0. The standard InChI is InChI=1S/C30H36ClN7O6/c1-17(2)37-10-8-18(14-22(37)27(32)40)25-20(29(41)36-9-3-12-44-13-11-36)5-6-21-26(25)35-28(30(42)43)38(21)16-24(39)34-23-7-4-19(31)15-33-23/h4-7,15,17-18,22H,3,8-14,16H2,1-2H3,(H2,32,40)(H,42,43)(H,33,34,39). The number of aromatic carboxylic acids is 1. The van der Waals surface area contributed by atoms with Crippen molar-refractivity contribution in [1.82, 2.24) is 24.3 Å². The van der Waals surface area contributed by atoms with E-state index in [1.54, 1.807) is 23.1 Å². The van der Waals surface area contributed by atoms with E-state index in [4.69, 9.17) is 22.1 Å². The molecule has 5 rings (SSSR count). The highest BCUT2D eigenvalue weighted by Crippen LogP contribution is 2.39. The molecule has 0 radical (unpaired) electrons. The number of carbonyl (C=O) groups excluding carboxylic acids is 3. The summed E-state index contributed by atoms with van der Waals surface area (Å²) in [5.41, 5.74) is 7.50. The molecule has 14 heteroatoms. The van der Waals surface area contributed by atoms with E-state index in [2.05, 4.69) is 15.3 Å². The fourth-order valence-electron chi connectivity index (χ4n) is 6.17. The third-order valence-electron chi connectivity index (χ3n) is 8.23. The highest BCUT2D eigenvalue weighted by Gasteiger charge is 2.38. The lowest BCUT2D eigenvalue weighted by molar-refractivity contribution is -0.125. The number of carboxylic acid groups (broad SMARTS) is 1. The van der Waals surface area contributed by atoms with Crippen molar-refractivity contribution in [3.8, 4) is 0 Å². The van der Waals surface area contributed by atoms with Crippen LogP contribution in [0.25, 0.3) is 11.0 Å². The van der Waals surface area contributed by atoms with Crippen LogP contribution in [0.15, 0.2) is 30.5 Å². The number of nitrogens with zero attached hydrogens (tertiary/aromatic N) is 5. The maximum atomic E-state index is 14.0. The number of aromatic nitrogens is 3. The van der Waals surface area contributed by atoms with Crippen molar-refractivity contribution in [3.63, 3.8) is 0 Å². The molecule has 3 aromatic rings. The summed E-state index contributed by atoms with van der Waals surface area (Å²) < 4.78 is 6.87. The Hall–Kier alpha value is -4.07. The van der Waals surface area contributed by atoms with Crippen LogP contribution in [0.3, 0.4) is 0 Å². The molecule has 2 unspecified atom stereocenters. The number of halogens is 1. The molecule has 4 heterocycles. The summed E-state index contributed by atoms with van der Waals surface area (Å²) in [7, 11) is 0. The van der Waals surface area contributed by atoms with Gasteiger partial charge in [0.2, 0.25) is 17.6 Å². The van der Waals surface area contributed by atoms with E-state index in [1.807, 2.05) is 18.7 Å². The summed E-state index contributed by atoms with van der Waals surface area (Å²) in [6.07, 6.45) is 3.02. The van der Waals surface area contributed by atoms with Crippen LogP contribution in [0.4, 0.5) is 5.82 Å². The number of carbonyl (C=O) groups is 4. The van der Waals surface area contributed by atoms with Gasteiger partial charge in [0.1, 0.15) is 12.4 Å². The van der Waals surface area contributed by atoms with Gasteiger partial charge in [0.05, 0.1) is 28.7 Å². The number of piperidine rings is 1. The Morgan fingerprint density at radius 2 is 1.93 bits per heavy atom. The molecular weight excluding hydrogens is 590 g/mol. The quantitative estimate of drug-likeness (QED) is 0.340. The molecular formula is C30H36ClN7O6. The maximum absolute atomic E-state index is 14.0.